The molecule has 3 rings (SSSR count). The summed E-state index contributed by atoms with van der Waals surface area (Å²) in [6, 6.07) is 5.09. The fourth-order valence-electron chi connectivity index (χ4n) is 1.61. The van der Waals surface area contributed by atoms with E-state index < -0.39 is 5.97 Å². The van der Waals surface area contributed by atoms with Gasteiger partial charge in [-0.15, -0.1) is 10.2 Å². The van der Waals surface area contributed by atoms with E-state index in [0.717, 1.165) is 5.56 Å². The summed E-state index contributed by atoms with van der Waals surface area (Å²) in [4.78, 5) is 10.9. The highest BCUT2D eigenvalue weighted by Gasteiger charge is 2.10. The van der Waals surface area contributed by atoms with E-state index in [1.54, 1.807) is 21.8 Å². The van der Waals surface area contributed by atoms with Gasteiger partial charge >= 0.3 is 5.97 Å². The number of hydrogen-bond acceptors (Lipinski definition) is 4. The number of aromatic nitrogens is 3. The van der Waals surface area contributed by atoms with Gasteiger partial charge in [-0.3, -0.25) is 4.40 Å². The van der Waals surface area contributed by atoms with Crippen LogP contribution in [0.5, 0.6) is 0 Å². The molecular weight excluding hydrogens is 238 g/mol. The second-order valence-electron chi connectivity index (χ2n) is 3.49. The molecule has 0 bridgehead atoms. The Balaban J connectivity index is 2.26. The zero-order valence-corrected chi connectivity index (χ0v) is 9.39. The van der Waals surface area contributed by atoms with Crippen LogP contribution < -0.4 is 0 Å². The van der Waals surface area contributed by atoms with Crippen LogP contribution in [-0.4, -0.2) is 25.7 Å². The van der Waals surface area contributed by atoms with Crippen molar-refractivity contribution in [3.8, 4) is 11.4 Å². The molecule has 0 saturated carbocycles. The molecule has 0 unspecified atom stereocenters. The number of carbonyl (C=O) groups is 1. The average Bonchev–Trinajstić information content (AvgIpc) is 2.96. The summed E-state index contributed by atoms with van der Waals surface area (Å²) in [6.07, 6.45) is 1.53. The lowest BCUT2D eigenvalue weighted by Gasteiger charge is -1.99. The second-order valence-corrected chi connectivity index (χ2v) is 4.27. The number of pyridine rings is 1. The van der Waals surface area contributed by atoms with Gasteiger partial charge < -0.3 is 5.11 Å². The normalized spacial score (nSPS) is 10.8. The number of carboxylic acids is 1. The van der Waals surface area contributed by atoms with Gasteiger partial charge in [-0.2, -0.15) is 11.3 Å². The molecule has 3 heterocycles. The predicted octanol–water partition coefficient (Wildman–Crippen LogP) is 2.16. The van der Waals surface area contributed by atoms with Crippen LogP contribution in [0.15, 0.2) is 35.2 Å². The number of nitrogens with zero attached hydrogens (tertiary/aromatic N) is 3. The van der Waals surface area contributed by atoms with Crippen LogP contribution in [0.1, 0.15) is 10.4 Å². The van der Waals surface area contributed by atoms with Crippen LogP contribution in [0, 0.1) is 0 Å². The molecule has 0 aliphatic carbocycles. The summed E-state index contributed by atoms with van der Waals surface area (Å²) in [5.41, 5.74) is 1.79. The minimum Gasteiger partial charge on any atom is -0.478 e. The van der Waals surface area contributed by atoms with Gasteiger partial charge in [0.1, 0.15) is 0 Å². The van der Waals surface area contributed by atoms with Gasteiger partial charge in [-0.05, 0) is 23.6 Å². The Bertz CT molecular complexity index is 688. The Morgan fingerprint density at radius 1 is 1.29 bits per heavy atom. The van der Waals surface area contributed by atoms with Crippen molar-refractivity contribution in [1.82, 2.24) is 14.6 Å². The highest BCUT2D eigenvalue weighted by Crippen LogP contribution is 2.21. The van der Waals surface area contributed by atoms with Gasteiger partial charge in [0, 0.05) is 17.1 Å². The molecule has 0 spiro atoms. The fourth-order valence-corrected chi connectivity index (χ4v) is 2.24. The predicted molar refractivity (Wildman–Crippen MR) is 63.3 cm³/mol. The summed E-state index contributed by atoms with van der Waals surface area (Å²) in [5, 5.41) is 20.9. The van der Waals surface area contributed by atoms with E-state index in [0.29, 0.717) is 11.5 Å². The first-order chi connectivity index (χ1) is 8.25. The highest BCUT2D eigenvalue weighted by atomic mass is 32.1. The number of fused-ring (bicyclic) bond motifs is 1. The topological polar surface area (TPSA) is 67.5 Å². The largest absolute Gasteiger partial charge is 0.478 e. The third-order valence-corrected chi connectivity index (χ3v) is 3.11. The Morgan fingerprint density at radius 2 is 2.18 bits per heavy atom. The van der Waals surface area contributed by atoms with Crippen molar-refractivity contribution in [2.75, 3.05) is 0 Å². The first-order valence-electron chi connectivity index (χ1n) is 4.86. The Kier molecular flexibility index (Phi) is 2.15. The second kappa shape index (κ2) is 3.67. The van der Waals surface area contributed by atoms with Crippen LogP contribution in [-0.2, 0) is 0 Å². The van der Waals surface area contributed by atoms with Gasteiger partial charge in [0.2, 0.25) is 0 Å². The maximum Gasteiger partial charge on any atom is 0.337 e. The van der Waals surface area contributed by atoms with Crippen LogP contribution in [0.3, 0.4) is 0 Å². The van der Waals surface area contributed by atoms with Crippen molar-refractivity contribution < 1.29 is 9.90 Å². The molecule has 0 amide bonds. The van der Waals surface area contributed by atoms with E-state index in [-0.39, 0.29) is 5.56 Å². The monoisotopic (exact) mass is 245 g/mol. The lowest BCUT2D eigenvalue weighted by Crippen LogP contribution is -1.99. The average molecular weight is 245 g/mol. The van der Waals surface area contributed by atoms with Crippen LogP contribution in [0.4, 0.5) is 0 Å². The first-order valence-corrected chi connectivity index (χ1v) is 5.80. The molecule has 0 fully saturated rings. The maximum absolute atomic E-state index is 10.9. The lowest BCUT2D eigenvalue weighted by molar-refractivity contribution is 0.0696. The number of rotatable bonds is 2. The van der Waals surface area contributed by atoms with Gasteiger partial charge in [0.05, 0.1) is 5.56 Å². The van der Waals surface area contributed by atoms with Crippen molar-refractivity contribution >= 4 is 23.0 Å². The quantitative estimate of drug-likeness (QED) is 0.751. The summed E-state index contributed by atoms with van der Waals surface area (Å²) < 4.78 is 1.69. The number of aromatic carboxylic acids is 1. The Morgan fingerprint density at radius 3 is 2.88 bits per heavy atom. The van der Waals surface area contributed by atoms with Crippen molar-refractivity contribution in [3.63, 3.8) is 0 Å². The van der Waals surface area contributed by atoms with Gasteiger partial charge in [0.15, 0.2) is 11.5 Å². The SMILES string of the molecule is O=C(O)c1ccc2nnc(-c3ccsc3)n2c1. The maximum atomic E-state index is 10.9. The molecule has 6 heteroatoms. The first kappa shape index (κ1) is 9.98. The molecule has 17 heavy (non-hydrogen) atoms. The zero-order valence-electron chi connectivity index (χ0n) is 8.57. The third-order valence-electron chi connectivity index (χ3n) is 2.43. The van der Waals surface area contributed by atoms with E-state index in [1.807, 2.05) is 16.8 Å². The minimum absolute atomic E-state index is 0.216. The minimum atomic E-state index is -0.961. The Hall–Kier alpha value is -2.21. The summed E-state index contributed by atoms with van der Waals surface area (Å²) in [5.74, 6) is -0.304. The third kappa shape index (κ3) is 1.58. The van der Waals surface area contributed by atoms with E-state index in [2.05, 4.69) is 10.2 Å². The number of hydrogen-bond donors (Lipinski definition) is 1. The van der Waals surface area contributed by atoms with Crippen molar-refractivity contribution in [2.45, 2.75) is 0 Å². The molecule has 0 aliphatic heterocycles. The van der Waals surface area contributed by atoms with E-state index in [9.17, 15) is 4.79 Å². The number of thiophene rings is 1. The van der Waals surface area contributed by atoms with E-state index >= 15 is 0 Å². The standard InChI is InChI=1S/C11H7N3O2S/c15-11(16)7-1-2-9-12-13-10(14(9)5-7)8-3-4-17-6-8/h1-6H,(H,15,16). The van der Waals surface area contributed by atoms with Crippen molar-refractivity contribution in [2.24, 2.45) is 0 Å². The molecule has 0 aliphatic rings. The highest BCUT2D eigenvalue weighted by molar-refractivity contribution is 7.08. The summed E-state index contributed by atoms with van der Waals surface area (Å²) in [6.45, 7) is 0. The molecule has 0 aromatic carbocycles. The van der Waals surface area contributed by atoms with Gasteiger partial charge in [-0.1, -0.05) is 0 Å². The van der Waals surface area contributed by atoms with Crippen LogP contribution in [0.25, 0.3) is 17.0 Å². The molecule has 3 aromatic heterocycles. The lowest BCUT2D eigenvalue weighted by atomic mass is 10.2. The van der Waals surface area contributed by atoms with Gasteiger partial charge in [0.25, 0.3) is 0 Å². The molecule has 0 radical (unpaired) electrons. The molecule has 3 aromatic rings. The van der Waals surface area contributed by atoms with E-state index in [4.69, 9.17) is 5.11 Å². The molecule has 0 atom stereocenters. The fraction of sp³-hybridized carbons (Fsp3) is 0. The van der Waals surface area contributed by atoms with Gasteiger partial charge in [-0.25, -0.2) is 4.79 Å². The summed E-state index contributed by atoms with van der Waals surface area (Å²) >= 11 is 1.56. The van der Waals surface area contributed by atoms with Crippen molar-refractivity contribution in [3.05, 3.63) is 40.7 Å². The van der Waals surface area contributed by atoms with Crippen LogP contribution >= 0.6 is 11.3 Å². The van der Waals surface area contributed by atoms with E-state index in [1.165, 1.54) is 12.3 Å². The molecule has 84 valence electrons. The number of carboxylic acid groups (broad SMARTS) is 1. The zero-order chi connectivity index (χ0) is 11.8. The van der Waals surface area contributed by atoms with Crippen molar-refractivity contribution in [1.29, 1.82) is 0 Å². The molecule has 5 nitrogen and oxygen atoms in total. The smallest absolute Gasteiger partial charge is 0.337 e. The Labute approximate surface area is 100.0 Å². The molecular formula is C11H7N3O2S. The molecule has 1 N–H and O–H groups in total. The molecule has 0 saturated heterocycles. The van der Waals surface area contributed by atoms with Crippen LogP contribution in [0.2, 0.25) is 0 Å². The summed E-state index contributed by atoms with van der Waals surface area (Å²) in [7, 11) is 0.